The lowest BCUT2D eigenvalue weighted by Gasteiger charge is -2.18. The average molecular weight is 390 g/mol. The number of aliphatic hydroxyl groups is 1. The first kappa shape index (κ1) is 14.4. The van der Waals surface area contributed by atoms with Crippen LogP contribution in [-0.4, -0.2) is 16.7 Å². The molecule has 1 aromatic heterocycles. The summed E-state index contributed by atoms with van der Waals surface area (Å²) in [6.07, 6.45) is 1.63. The molecule has 0 aliphatic heterocycles. The number of hydrogen-bond donors (Lipinski definition) is 2. The Kier molecular flexibility index (Phi) is 4.90. The summed E-state index contributed by atoms with van der Waals surface area (Å²) in [6.45, 7) is -0.193. The molecule has 0 amide bonds. The molecule has 1 atom stereocenters. The molecule has 0 bridgehead atoms. The zero-order valence-electron chi connectivity index (χ0n) is 9.78. The maximum absolute atomic E-state index is 13.6. The number of para-hydroxylation sites is 1. The third-order valence-corrected chi connectivity index (χ3v) is 3.62. The zero-order chi connectivity index (χ0) is 13.8. The van der Waals surface area contributed by atoms with Gasteiger partial charge in [-0.05, 0) is 50.1 Å². The quantitative estimate of drug-likeness (QED) is 0.833. The van der Waals surface area contributed by atoms with Gasteiger partial charge in [0, 0.05) is 15.1 Å². The van der Waals surface area contributed by atoms with Gasteiger partial charge in [0.15, 0.2) is 0 Å². The Morgan fingerprint density at radius 3 is 2.68 bits per heavy atom. The van der Waals surface area contributed by atoms with E-state index in [-0.39, 0.29) is 12.4 Å². The third kappa shape index (κ3) is 3.52. The largest absolute Gasteiger partial charge is 0.394 e. The first-order valence-corrected chi connectivity index (χ1v) is 7.13. The highest BCUT2D eigenvalue weighted by atomic mass is 79.9. The lowest BCUT2D eigenvalue weighted by Crippen LogP contribution is -2.17. The lowest BCUT2D eigenvalue weighted by atomic mass is 10.2. The summed E-state index contributed by atoms with van der Waals surface area (Å²) in [5, 5.41) is 12.4. The van der Waals surface area contributed by atoms with E-state index < -0.39 is 6.04 Å². The van der Waals surface area contributed by atoms with Crippen molar-refractivity contribution in [1.82, 2.24) is 4.98 Å². The number of halogens is 3. The zero-order valence-corrected chi connectivity index (χ0v) is 12.9. The van der Waals surface area contributed by atoms with Crippen LogP contribution >= 0.6 is 31.9 Å². The van der Waals surface area contributed by atoms with Crippen molar-refractivity contribution in [3.63, 3.8) is 0 Å². The van der Waals surface area contributed by atoms with Gasteiger partial charge >= 0.3 is 0 Å². The second-order valence-corrected chi connectivity index (χ2v) is 5.65. The first-order chi connectivity index (χ1) is 9.11. The van der Waals surface area contributed by atoms with Crippen molar-refractivity contribution >= 4 is 37.5 Å². The number of pyridine rings is 1. The average Bonchev–Trinajstić information content (AvgIpc) is 2.39. The van der Waals surface area contributed by atoms with E-state index in [1.807, 2.05) is 6.07 Å². The van der Waals surface area contributed by atoms with Crippen LogP contribution in [0.5, 0.6) is 0 Å². The van der Waals surface area contributed by atoms with Gasteiger partial charge in [0.2, 0.25) is 0 Å². The number of nitrogens with zero attached hydrogens (tertiary/aromatic N) is 1. The van der Waals surface area contributed by atoms with E-state index in [9.17, 15) is 9.50 Å². The normalized spacial score (nSPS) is 12.2. The van der Waals surface area contributed by atoms with Crippen LogP contribution in [0.1, 0.15) is 11.7 Å². The van der Waals surface area contributed by atoms with Crippen LogP contribution < -0.4 is 5.32 Å². The Bertz CT molecular complexity index is 580. The van der Waals surface area contributed by atoms with Crippen molar-refractivity contribution in [1.29, 1.82) is 0 Å². The van der Waals surface area contributed by atoms with Gasteiger partial charge in [0.1, 0.15) is 5.82 Å². The molecule has 1 aromatic carbocycles. The number of aliphatic hydroxyl groups excluding tert-OH is 1. The van der Waals surface area contributed by atoms with Gasteiger partial charge < -0.3 is 10.4 Å². The Labute approximate surface area is 127 Å². The van der Waals surface area contributed by atoms with E-state index in [2.05, 4.69) is 42.2 Å². The van der Waals surface area contributed by atoms with Crippen molar-refractivity contribution in [3.05, 3.63) is 57.0 Å². The third-order valence-electron chi connectivity index (χ3n) is 2.55. The molecule has 2 aromatic rings. The summed E-state index contributed by atoms with van der Waals surface area (Å²) >= 11 is 6.69. The molecule has 2 N–H and O–H groups in total. The highest BCUT2D eigenvalue weighted by molar-refractivity contribution is 9.11. The Hall–Kier alpha value is -0.980. The molecule has 0 radical (unpaired) electrons. The number of rotatable bonds is 4. The molecule has 0 aliphatic carbocycles. The van der Waals surface area contributed by atoms with Crippen molar-refractivity contribution in [3.8, 4) is 0 Å². The molecule has 0 fully saturated rings. The summed E-state index contributed by atoms with van der Waals surface area (Å²) in [7, 11) is 0. The van der Waals surface area contributed by atoms with E-state index in [1.165, 1.54) is 6.07 Å². The molecule has 0 saturated heterocycles. The SMILES string of the molecule is OCC(Nc1ccccc1F)c1ncc(Br)cc1Br. The van der Waals surface area contributed by atoms with Crippen LogP contribution in [-0.2, 0) is 0 Å². The molecule has 0 aliphatic rings. The molecule has 2 rings (SSSR count). The number of hydrogen-bond acceptors (Lipinski definition) is 3. The first-order valence-electron chi connectivity index (χ1n) is 5.54. The van der Waals surface area contributed by atoms with E-state index in [0.717, 1.165) is 8.95 Å². The van der Waals surface area contributed by atoms with Crippen LogP contribution in [0.3, 0.4) is 0 Å². The van der Waals surface area contributed by atoms with Gasteiger partial charge in [0.25, 0.3) is 0 Å². The molecule has 1 unspecified atom stereocenters. The van der Waals surface area contributed by atoms with Crippen molar-refractivity contribution < 1.29 is 9.50 Å². The van der Waals surface area contributed by atoms with Crippen LogP contribution in [0.15, 0.2) is 45.5 Å². The minimum Gasteiger partial charge on any atom is -0.394 e. The molecule has 3 nitrogen and oxygen atoms in total. The molecule has 6 heteroatoms. The summed E-state index contributed by atoms with van der Waals surface area (Å²) < 4.78 is 15.1. The minimum atomic E-state index is -0.487. The van der Waals surface area contributed by atoms with Crippen LogP contribution in [0.25, 0.3) is 0 Å². The molecule has 19 heavy (non-hydrogen) atoms. The van der Waals surface area contributed by atoms with Crippen LogP contribution in [0, 0.1) is 5.82 Å². The lowest BCUT2D eigenvalue weighted by molar-refractivity contribution is 0.273. The number of benzene rings is 1. The van der Waals surface area contributed by atoms with Gasteiger partial charge in [-0.25, -0.2) is 4.39 Å². The van der Waals surface area contributed by atoms with Gasteiger partial charge in [0.05, 0.1) is 24.0 Å². The fourth-order valence-electron chi connectivity index (χ4n) is 1.65. The van der Waals surface area contributed by atoms with E-state index in [0.29, 0.717) is 11.4 Å². The summed E-state index contributed by atoms with van der Waals surface area (Å²) in [4.78, 5) is 4.24. The monoisotopic (exact) mass is 388 g/mol. The van der Waals surface area contributed by atoms with E-state index in [1.54, 1.807) is 24.4 Å². The summed E-state index contributed by atoms with van der Waals surface area (Å²) in [5.74, 6) is -0.366. The Morgan fingerprint density at radius 2 is 2.05 bits per heavy atom. The highest BCUT2D eigenvalue weighted by Gasteiger charge is 2.16. The van der Waals surface area contributed by atoms with Gasteiger partial charge in [-0.3, -0.25) is 4.98 Å². The minimum absolute atomic E-state index is 0.193. The fraction of sp³-hybridized carbons (Fsp3) is 0.154. The second-order valence-electron chi connectivity index (χ2n) is 3.88. The predicted octanol–water partition coefficient (Wildman–Crippen LogP) is 3.89. The molecule has 0 spiro atoms. The summed E-state index contributed by atoms with van der Waals surface area (Å²) in [6, 6.07) is 7.66. The number of nitrogens with one attached hydrogen (secondary N) is 1. The topological polar surface area (TPSA) is 45.1 Å². The molecule has 0 saturated carbocycles. The van der Waals surface area contributed by atoms with Gasteiger partial charge in [-0.2, -0.15) is 0 Å². The number of anilines is 1. The van der Waals surface area contributed by atoms with E-state index in [4.69, 9.17) is 0 Å². The van der Waals surface area contributed by atoms with Gasteiger partial charge in [-0.1, -0.05) is 12.1 Å². The Morgan fingerprint density at radius 1 is 1.32 bits per heavy atom. The molecule has 100 valence electrons. The predicted molar refractivity (Wildman–Crippen MR) is 79.5 cm³/mol. The second kappa shape index (κ2) is 6.45. The highest BCUT2D eigenvalue weighted by Crippen LogP contribution is 2.27. The smallest absolute Gasteiger partial charge is 0.146 e. The van der Waals surface area contributed by atoms with Crippen LogP contribution in [0.4, 0.5) is 10.1 Å². The maximum atomic E-state index is 13.6. The van der Waals surface area contributed by atoms with Crippen molar-refractivity contribution in [2.24, 2.45) is 0 Å². The van der Waals surface area contributed by atoms with Crippen molar-refractivity contribution in [2.45, 2.75) is 6.04 Å². The number of aromatic nitrogens is 1. The summed E-state index contributed by atoms with van der Waals surface area (Å²) in [5.41, 5.74) is 0.951. The van der Waals surface area contributed by atoms with E-state index >= 15 is 0 Å². The van der Waals surface area contributed by atoms with Gasteiger partial charge in [-0.15, -0.1) is 0 Å². The van der Waals surface area contributed by atoms with Crippen molar-refractivity contribution in [2.75, 3.05) is 11.9 Å². The van der Waals surface area contributed by atoms with Crippen LogP contribution in [0.2, 0.25) is 0 Å². The Balaban J connectivity index is 2.28. The molecular weight excluding hydrogens is 379 g/mol. The fourth-order valence-corrected chi connectivity index (χ4v) is 2.91. The maximum Gasteiger partial charge on any atom is 0.146 e. The molecule has 1 heterocycles. The molecular formula is C13H11Br2FN2O. The standard InChI is InChI=1S/C13H11Br2FN2O/c14-8-5-9(15)13(17-6-8)12(7-19)18-11-4-2-1-3-10(11)16/h1-6,12,18-19H,7H2.